The highest BCUT2D eigenvalue weighted by molar-refractivity contribution is 6.10. The lowest BCUT2D eigenvalue weighted by Crippen LogP contribution is -2.55. The van der Waals surface area contributed by atoms with Crippen LogP contribution in [0.4, 0.5) is 17.1 Å². The Hall–Kier alpha value is -6.64. The fourth-order valence-corrected chi connectivity index (χ4v) is 14.4. The first-order valence-electron chi connectivity index (χ1n) is 23.4. The van der Waals surface area contributed by atoms with Gasteiger partial charge in [-0.15, -0.1) is 0 Å². The fourth-order valence-electron chi connectivity index (χ4n) is 14.4. The average molecular weight is 811 g/mol. The number of rotatable bonds is 5. The summed E-state index contributed by atoms with van der Waals surface area (Å²) in [5, 5.41) is 2.54. The number of nitrogens with zero attached hydrogens (tertiary/aromatic N) is 2. The summed E-state index contributed by atoms with van der Waals surface area (Å²) in [4.78, 5) is 2.56. The highest BCUT2D eigenvalue weighted by Crippen LogP contribution is 2.70. The van der Waals surface area contributed by atoms with E-state index in [-0.39, 0.29) is 10.8 Å². The minimum absolute atomic E-state index is 0.0640. The molecule has 0 unspecified atom stereocenters. The summed E-state index contributed by atoms with van der Waals surface area (Å²) in [7, 11) is 0. The Kier molecular flexibility index (Phi) is 7.38. The first-order chi connectivity index (χ1) is 30.9. The highest BCUT2D eigenvalue weighted by atomic mass is 15.1. The van der Waals surface area contributed by atoms with Gasteiger partial charge < -0.3 is 9.47 Å². The monoisotopic (exact) mass is 810 g/mol. The molecule has 304 valence electrons. The van der Waals surface area contributed by atoms with Crippen LogP contribution in [-0.4, -0.2) is 4.57 Å². The number of hydrogen-bond acceptors (Lipinski definition) is 1. The molecule has 0 aliphatic heterocycles. The second-order valence-corrected chi connectivity index (χ2v) is 20.2. The van der Waals surface area contributed by atoms with E-state index < -0.39 is 0 Å². The highest BCUT2D eigenvalue weighted by Gasteiger charge is 2.61. The van der Waals surface area contributed by atoms with E-state index in [0.29, 0.717) is 11.8 Å². The largest absolute Gasteiger partial charge is 0.310 e. The maximum Gasteiger partial charge on any atom is 0.0561 e. The number of benzene rings is 8. The molecule has 2 nitrogen and oxygen atoms in total. The minimum atomic E-state index is -0.0640. The van der Waals surface area contributed by atoms with Crippen molar-refractivity contribution in [3.8, 4) is 39.1 Å². The van der Waals surface area contributed by atoms with Gasteiger partial charge in [0.1, 0.15) is 0 Å². The van der Waals surface area contributed by atoms with Crippen LogP contribution in [-0.2, 0) is 10.8 Å². The van der Waals surface area contributed by atoms with Crippen molar-refractivity contribution >= 4 is 38.9 Å². The lowest BCUT2D eigenvalue weighted by Gasteiger charge is -2.61. The van der Waals surface area contributed by atoms with Crippen LogP contribution in [0.15, 0.2) is 182 Å². The van der Waals surface area contributed by atoms with Crippen LogP contribution in [0, 0.1) is 23.7 Å². The van der Waals surface area contributed by atoms with Crippen LogP contribution < -0.4 is 4.90 Å². The molecule has 2 heteroatoms. The molecule has 6 aliphatic carbocycles. The van der Waals surface area contributed by atoms with Crippen molar-refractivity contribution in [3.05, 3.63) is 204 Å². The number of fused-ring (bicyclic) bond motifs is 9. The molecule has 9 aromatic rings. The third-order valence-corrected chi connectivity index (χ3v) is 16.8. The Balaban J connectivity index is 1.02. The summed E-state index contributed by atoms with van der Waals surface area (Å²) in [6.07, 6.45) is 6.97. The summed E-state index contributed by atoms with van der Waals surface area (Å²) in [6.45, 7) is 4.76. The van der Waals surface area contributed by atoms with Crippen molar-refractivity contribution < 1.29 is 0 Å². The Bertz CT molecular complexity index is 3300. The van der Waals surface area contributed by atoms with Crippen LogP contribution in [0.3, 0.4) is 0 Å². The second-order valence-electron chi connectivity index (χ2n) is 20.2. The molecule has 63 heavy (non-hydrogen) atoms. The predicted octanol–water partition coefficient (Wildman–Crippen LogP) is 15.9. The number of anilines is 3. The Morgan fingerprint density at radius 1 is 0.413 bits per heavy atom. The summed E-state index contributed by atoms with van der Waals surface area (Å²) < 4.78 is 2.45. The maximum atomic E-state index is 2.59. The first-order valence-corrected chi connectivity index (χ1v) is 23.4. The molecule has 0 atom stereocenters. The fraction of sp³-hybridized carbons (Fsp3) is 0.213. The molecule has 0 radical (unpaired) electrons. The van der Waals surface area contributed by atoms with Crippen LogP contribution in [0.2, 0.25) is 0 Å². The molecule has 8 aromatic carbocycles. The third kappa shape index (κ3) is 4.90. The van der Waals surface area contributed by atoms with E-state index in [1.54, 1.807) is 11.1 Å². The topological polar surface area (TPSA) is 8.17 Å². The van der Waals surface area contributed by atoms with Gasteiger partial charge in [-0.3, -0.25) is 0 Å². The summed E-state index contributed by atoms with van der Waals surface area (Å²) in [6, 6.07) is 69.5. The van der Waals surface area contributed by atoms with Gasteiger partial charge in [-0.25, -0.2) is 0 Å². The molecule has 1 aromatic heterocycles. The molecule has 1 heterocycles. The van der Waals surface area contributed by atoms with E-state index in [1.807, 2.05) is 0 Å². The molecule has 15 rings (SSSR count). The summed E-state index contributed by atoms with van der Waals surface area (Å²) >= 11 is 0. The van der Waals surface area contributed by atoms with Crippen molar-refractivity contribution in [2.75, 3.05) is 4.90 Å². The number of hydrogen-bond donors (Lipinski definition) is 0. The lowest BCUT2D eigenvalue weighted by atomic mass is 9.43. The summed E-state index contributed by atoms with van der Waals surface area (Å²) in [5.41, 5.74) is 21.3. The Morgan fingerprint density at radius 2 is 0.952 bits per heavy atom. The molecule has 1 spiro atoms. The molecular formula is C61H50N2. The normalized spacial score (nSPS) is 23.0. The zero-order chi connectivity index (χ0) is 41.6. The molecule has 0 saturated heterocycles. The zero-order valence-corrected chi connectivity index (χ0v) is 36.1. The minimum Gasteiger partial charge on any atom is -0.310 e. The smallest absolute Gasteiger partial charge is 0.0561 e. The molecule has 4 fully saturated rings. The van der Waals surface area contributed by atoms with E-state index in [2.05, 4.69) is 205 Å². The van der Waals surface area contributed by atoms with Gasteiger partial charge in [0.05, 0.1) is 11.0 Å². The van der Waals surface area contributed by atoms with Gasteiger partial charge in [-0.1, -0.05) is 135 Å². The first kappa shape index (κ1) is 35.9. The van der Waals surface area contributed by atoms with Crippen LogP contribution in [0.5, 0.6) is 0 Å². The molecular weight excluding hydrogens is 761 g/mol. The molecule has 0 amide bonds. The van der Waals surface area contributed by atoms with Crippen molar-refractivity contribution in [2.45, 2.75) is 56.8 Å². The van der Waals surface area contributed by atoms with E-state index in [4.69, 9.17) is 0 Å². The van der Waals surface area contributed by atoms with Crippen LogP contribution in [0.1, 0.15) is 68.2 Å². The van der Waals surface area contributed by atoms with E-state index in [0.717, 1.165) is 17.5 Å². The van der Waals surface area contributed by atoms with Crippen molar-refractivity contribution in [2.24, 2.45) is 23.7 Å². The predicted molar refractivity (Wildman–Crippen MR) is 262 cm³/mol. The van der Waals surface area contributed by atoms with Gasteiger partial charge in [-0.2, -0.15) is 0 Å². The van der Waals surface area contributed by atoms with Gasteiger partial charge in [0.2, 0.25) is 0 Å². The van der Waals surface area contributed by atoms with E-state index in [1.165, 1.54) is 115 Å². The molecule has 0 N–H and O–H groups in total. The Morgan fingerprint density at radius 3 is 1.70 bits per heavy atom. The maximum absolute atomic E-state index is 2.59. The van der Waals surface area contributed by atoms with Crippen molar-refractivity contribution in [3.63, 3.8) is 0 Å². The SMILES string of the molecule is CC1(C)c2ccccc2-c2cc(N(c3ccc4c(c3)-c3cc(-c5ccccc5)ccc3C43C4CC5CC(C4)CC3C5)c3ccc4c5ccccc5n(-c5ccccc5)c4c3)ccc21. The number of para-hydroxylation sites is 2. The third-order valence-electron chi connectivity index (χ3n) is 16.8. The quantitative estimate of drug-likeness (QED) is 0.168. The molecule has 4 saturated carbocycles. The zero-order valence-electron chi connectivity index (χ0n) is 36.1. The Labute approximate surface area is 370 Å². The van der Waals surface area contributed by atoms with Crippen molar-refractivity contribution in [1.82, 2.24) is 4.57 Å². The van der Waals surface area contributed by atoms with Gasteiger partial charge in [-0.05, 0) is 172 Å². The van der Waals surface area contributed by atoms with Gasteiger partial charge in [0.15, 0.2) is 0 Å². The standard InChI is InChI=1S/C61H50N2/c1-60(2)54-19-11-9-17-48(54)52-35-45(23-27-55(52)60)62(47-22-25-50-49-18-10-12-20-58(49)63(59(50)37-47)44-15-7-4-8-16-44)46-24-28-57-53(36-46)51-34-41(40-13-5-3-6-14-40)21-26-56(51)61(57)42-30-38-29-39(32-42)33-43(61)31-38/h3-28,34-39,42-43H,29-33H2,1-2H3. The van der Waals surface area contributed by atoms with Gasteiger partial charge in [0.25, 0.3) is 0 Å². The summed E-state index contributed by atoms with van der Waals surface area (Å²) in [5.74, 6) is 3.22. The number of aromatic nitrogens is 1. The molecule has 6 aliphatic rings. The lowest BCUT2D eigenvalue weighted by molar-refractivity contribution is -0.0399. The average Bonchev–Trinajstić information content (AvgIpc) is 3.89. The second kappa shape index (κ2) is 13.0. The van der Waals surface area contributed by atoms with E-state index in [9.17, 15) is 0 Å². The van der Waals surface area contributed by atoms with Crippen LogP contribution >= 0.6 is 0 Å². The van der Waals surface area contributed by atoms with Gasteiger partial charge in [0, 0.05) is 44.4 Å². The molecule has 4 bridgehead atoms. The van der Waals surface area contributed by atoms with Gasteiger partial charge >= 0.3 is 0 Å². The van der Waals surface area contributed by atoms with E-state index >= 15 is 0 Å². The van der Waals surface area contributed by atoms with Crippen LogP contribution in [0.25, 0.3) is 60.9 Å². The van der Waals surface area contributed by atoms with Crippen molar-refractivity contribution in [1.29, 1.82) is 0 Å².